The van der Waals surface area contributed by atoms with Gasteiger partial charge in [0.25, 0.3) is 0 Å². The molecule has 1 nitrogen and oxygen atoms in total. The molecule has 0 saturated carbocycles. The highest BCUT2D eigenvalue weighted by atomic mass is 16.3. The average molecular weight is 723 g/mol. The molecule has 0 radical (unpaired) electrons. The first-order valence-corrected chi connectivity index (χ1v) is 19.6. The lowest BCUT2D eigenvalue weighted by molar-refractivity contribution is 0.669. The van der Waals surface area contributed by atoms with Crippen LogP contribution in [0.2, 0.25) is 0 Å². The molecule has 0 unspecified atom stereocenters. The summed E-state index contributed by atoms with van der Waals surface area (Å²) in [7, 11) is 0. The van der Waals surface area contributed by atoms with Crippen molar-refractivity contribution in [3.8, 4) is 44.5 Å². The van der Waals surface area contributed by atoms with Crippen molar-refractivity contribution in [3.05, 3.63) is 206 Å². The lowest BCUT2D eigenvalue weighted by Gasteiger charge is -2.19. The van der Waals surface area contributed by atoms with Gasteiger partial charge in [0.05, 0.1) is 0 Å². The van der Waals surface area contributed by atoms with Crippen molar-refractivity contribution in [2.45, 2.75) is 0 Å². The summed E-state index contributed by atoms with van der Waals surface area (Å²) < 4.78 is 6.49. The summed E-state index contributed by atoms with van der Waals surface area (Å²) in [6, 6.07) is 75.6. The summed E-state index contributed by atoms with van der Waals surface area (Å²) in [5.74, 6) is 0. The average Bonchev–Trinajstić information content (AvgIpc) is 3.63. The monoisotopic (exact) mass is 722 g/mol. The first-order valence-electron chi connectivity index (χ1n) is 19.6. The van der Waals surface area contributed by atoms with Crippen LogP contribution in [0.4, 0.5) is 0 Å². The molecule has 0 bridgehead atoms. The second-order valence-electron chi connectivity index (χ2n) is 15.3. The Kier molecular flexibility index (Phi) is 7.00. The molecule has 0 aliphatic heterocycles. The van der Waals surface area contributed by atoms with Gasteiger partial charge in [0.1, 0.15) is 11.2 Å². The summed E-state index contributed by atoms with van der Waals surface area (Å²) in [6.07, 6.45) is 0. The van der Waals surface area contributed by atoms with E-state index in [2.05, 4.69) is 206 Å². The van der Waals surface area contributed by atoms with Crippen LogP contribution in [-0.2, 0) is 0 Å². The number of hydrogen-bond donors (Lipinski definition) is 0. The van der Waals surface area contributed by atoms with Gasteiger partial charge in [-0.2, -0.15) is 0 Å². The molecule has 0 aliphatic carbocycles. The second-order valence-corrected chi connectivity index (χ2v) is 15.3. The maximum absolute atomic E-state index is 6.49. The fourth-order valence-corrected chi connectivity index (χ4v) is 9.19. The number of hydrogen-bond acceptors (Lipinski definition) is 1. The van der Waals surface area contributed by atoms with Crippen molar-refractivity contribution >= 4 is 75.8 Å². The first-order chi connectivity index (χ1) is 28.2. The topological polar surface area (TPSA) is 13.1 Å². The normalized spacial score (nSPS) is 11.9. The first kappa shape index (κ1) is 31.8. The van der Waals surface area contributed by atoms with Crippen LogP contribution in [0, 0.1) is 0 Å². The molecule has 11 aromatic carbocycles. The minimum absolute atomic E-state index is 0.900. The van der Waals surface area contributed by atoms with E-state index < -0.39 is 0 Å². The zero-order valence-corrected chi connectivity index (χ0v) is 31.0. The molecule has 1 heterocycles. The van der Waals surface area contributed by atoms with Crippen molar-refractivity contribution in [2.24, 2.45) is 0 Å². The molecule has 0 spiro atoms. The van der Waals surface area contributed by atoms with Gasteiger partial charge in [-0.05, 0) is 147 Å². The highest BCUT2D eigenvalue weighted by molar-refractivity contribution is 6.23. The van der Waals surface area contributed by atoms with Gasteiger partial charge < -0.3 is 4.42 Å². The third-order valence-corrected chi connectivity index (χ3v) is 12.0. The summed E-state index contributed by atoms with van der Waals surface area (Å²) >= 11 is 0. The zero-order chi connectivity index (χ0) is 37.5. The number of rotatable bonds is 4. The summed E-state index contributed by atoms with van der Waals surface area (Å²) in [6.45, 7) is 0. The van der Waals surface area contributed by atoms with Crippen LogP contribution in [0.15, 0.2) is 211 Å². The van der Waals surface area contributed by atoms with Crippen LogP contribution in [-0.4, -0.2) is 0 Å². The maximum Gasteiger partial charge on any atom is 0.136 e. The van der Waals surface area contributed by atoms with Gasteiger partial charge >= 0.3 is 0 Å². The zero-order valence-electron chi connectivity index (χ0n) is 31.0. The molecule has 57 heavy (non-hydrogen) atoms. The standard InChI is InChI=1S/C56H34O/c1-3-12-37-28-42(22-20-35(37)10-1)39-16-9-17-45(30-39)55-47-18-7-8-19-48(47)56(52-32-44(24-26-49(52)55)43-23-21-36-11-2-4-13-38(36)29-43)46-25-27-53-50(33-46)51-31-40-14-5-6-15-41(40)34-54(51)57-53/h1-34H. The Balaban J connectivity index is 1.13. The van der Waals surface area contributed by atoms with Crippen molar-refractivity contribution in [2.75, 3.05) is 0 Å². The van der Waals surface area contributed by atoms with E-state index in [4.69, 9.17) is 4.42 Å². The minimum Gasteiger partial charge on any atom is -0.456 e. The molecule has 12 aromatic rings. The van der Waals surface area contributed by atoms with Crippen molar-refractivity contribution in [3.63, 3.8) is 0 Å². The molecule has 12 rings (SSSR count). The van der Waals surface area contributed by atoms with Gasteiger partial charge in [-0.1, -0.05) is 158 Å². The van der Waals surface area contributed by atoms with E-state index in [9.17, 15) is 0 Å². The fourth-order valence-electron chi connectivity index (χ4n) is 9.19. The lowest BCUT2D eigenvalue weighted by atomic mass is 9.84. The molecular formula is C56H34O. The molecule has 0 atom stereocenters. The third kappa shape index (κ3) is 5.17. The molecule has 0 aliphatic rings. The van der Waals surface area contributed by atoms with Gasteiger partial charge in [0.2, 0.25) is 0 Å². The van der Waals surface area contributed by atoms with Gasteiger partial charge in [0.15, 0.2) is 0 Å². The SMILES string of the molecule is c1cc(-c2ccc3ccccc3c2)cc(-c2c3ccccc3c(-c3ccc4oc5cc6ccccc6cc5c4c3)c3cc(-c4ccc5ccccc5c4)ccc23)c1. The van der Waals surface area contributed by atoms with Gasteiger partial charge in [-0.25, -0.2) is 0 Å². The molecule has 0 amide bonds. The summed E-state index contributed by atoms with van der Waals surface area (Å²) in [5, 5.41) is 14.6. The second kappa shape index (κ2) is 12.5. The molecule has 0 fully saturated rings. The van der Waals surface area contributed by atoms with E-state index in [0.29, 0.717) is 0 Å². The summed E-state index contributed by atoms with van der Waals surface area (Å²) in [5.41, 5.74) is 11.5. The van der Waals surface area contributed by atoms with Gasteiger partial charge in [0, 0.05) is 10.8 Å². The van der Waals surface area contributed by atoms with Crippen LogP contribution < -0.4 is 0 Å². The lowest BCUT2D eigenvalue weighted by Crippen LogP contribution is -1.92. The van der Waals surface area contributed by atoms with E-state index in [0.717, 1.165) is 21.9 Å². The highest BCUT2D eigenvalue weighted by Gasteiger charge is 2.20. The molecule has 0 saturated heterocycles. The van der Waals surface area contributed by atoms with Crippen LogP contribution >= 0.6 is 0 Å². The van der Waals surface area contributed by atoms with E-state index in [1.807, 2.05) is 0 Å². The predicted molar refractivity (Wildman–Crippen MR) is 243 cm³/mol. The molecule has 264 valence electrons. The van der Waals surface area contributed by atoms with Gasteiger partial charge in [-0.3, -0.25) is 0 Å². The Hall–Kier alpha value is -7.48. The Labute approximate surface area is 329 Å². The van der Waals surface area contributed by atoms with E-state index in [-0.39, 0.29) is 0 Å². The largest absolute Gasteiger partial charge is 0.456 e. The fraction of sp³-hybridized carbons (Fsp3) is 0. The Bertz CT molecular complexity index is 3580. The Morgan fingerprint density at radius 1 is 0.211 bits per heavy atom. The Morgan fingerprint density at radius 2 is 0.649 bits per heavy atom. The van der Waals surface area contributed by atoms with Crippen LogP contribution in [0.5, 0.6) is 0 Å². The van der Waals surface area contributed by atoms with Gasteiger partial charge in [-0.15, -0.1) is 0 Å². The molecule has 1 aromatic heterocycles. The quantitative estimate of drug-likeness (QED) is 0.165. The van der Waals surface area contributed by atoms with Crippen molar-refractivity contribution in [1.29, 1.82) is 0 Å². The smallest absolute Gasteiger partial charge is 0.136 e. The highest BCUT2D eigenvalue weighted by Crippen LogP contribution is 2.47. The maximum atomic E-state index is 6.49. The predicted octanol–water partition coefficient (Wildman–Crippen LogP) is 16.0. The van der Waals surface area contributed by atoms with E-state index in [1.54, 1.807) is 0 Å². The number of benzene rings is 11. The summed E-state index contributed by atoms with van der Waals surface area (Å²) in [4.78, 5) is 0. The van der Waals surface area contributed by atoms with E-state index >= 15 is 0 Å². The van der Waals surface area contributed by atoms with E-state index in [1.165, 1.54) is 98.4 Å². The van der Waals surface area contributed by atoms with Crippen LogP contribution in [0.1, 0.15) is 0 Å². The van der Waals surface area contributed by atoms with Crippen molar-refractivity contribution in [1.82, 2.24) is 0 Å². The van der Waals surface area contributed by atoms with Crippen LogP contribution in [0.25, 0.3) is 120 Å². The molecular weight excluding hydrogens is 689 g/mol. The third-order valence-electron chi connectivity index (χ3n) is 12.0. The van der Waals surface area contributed by atoms with Crippen molar-refractivity contribution < 1.29 is 4.42 Å². The number of fused-ring (bicyclic) bond motifs is 8. The molecule has 0 N–H and O–H groups in total. The number of furan rings is 1. The molecule has 1 heteroatoms. The van der Waals surface area contributed by atoms with Crippen LogP contribution in [0.3, 0.4) is 0 Å². The minimum atomic E-state index is 0.900. The Morgan fingerprint density at radius 3 is 1.33 bits per heavy atom.